The number of hydrogen-bond acceptors (Lipinski definition) is 5. The average molecular weight is 419 g/mol. The molecule has 0 saturated heterocycles. The van der Waals surface area contributed by atoms with Gasteiger partial charge in [0.15, 0.2) is 0 Å². The summed E-state index contributed by atoms with van der Waals surface area (Å²) in [4.78, 5) is 6.55. The molecular formula is C23H19F2N5O. The number of nitrogens with zero attached hydrogens (tertiary/aromatic N) is 5. The topological polar surface area (TPSA) is 66.5 Å². The molecule has 1 N–H and O–H groups in total. The number of hydrogen-bond donors (Lipinski definition) is 1. The lowest BCUT2D eigenvalue weighted by Gasteiger charge is -2.26. The van der Waals surface area contributed by atoms with Crippen LogP contribution in [-0.4, -0.2) is 36.3 Å². The van der Waals surface area contributed by atoms with E-state index < -0.39 is 17.2 Å². The van der Waals surface area contributed by atoms with Gasteiger partial charge in [-0.15, -0.1) is 16.6 Å². The molecule has 1 aliphatic rings. The van der Waals surface area contributed by atoms with E-state index in [1.807, 2.05) is 4.90 Å². The maximum absolute atomic E-state index is 14.6. The normalized spacial score (nSPS) is 15.7. The second-order valence-electron chi connectivity index (χ2n) is 8.11. The van der Waals surface area contributed by atoms with E-state index in [-0.39, 0.29) is 12.5 Å². The number of aliphatic hydroxyl groups is 1. The van der Waals surface area contributed by atoms with Gasteiger partial charge < -0.3 is 10.0 Å². The summed E-state index contributed by atoms with van der Waals surface area (Å²) in [6.45, 7) is 1.51. The molecule has 0 aliphatic heterocycles. The number of benzene rings is 2. The van der Waals surface area contributed by atoms with Crippen molar-refractivity contribution in [1.82, 2.24) is 19.6 Å². The summed E-state index contributed by atoms with van der Waals surface area (Å²) >= 11 is 0. The summed E-state index contributed by atoms with van der Waals surface area (Å²) in [6.07, 6.45) is 8.80. The third-order valence-corrected chi connectivity index (χ3v) is 5.41. The molecule has 5 rings (SSSR count). The molecule has 2 aromatic carbocycles. The molecule has 1 aliphatic carbocycles. The Morgan fingerprint density at radius 3 is 2.77 bits per heavy atom. The van der Waals surface area contributed by atoms with Crippen LogP contribution in [0, 0.1) is 24.0 Å². The molecule has 1 unspecified atom stereocenters. The zero-order valence-electron chi connectivity index (χ0n) is 16.8. The lowest BCUT2D eigenvalue weighted by Crippen LogP contribution is -2.25. The smallest absolute Gasteiger partial charge is 0.257 e. The summed E-state index contributed by atoms with van der Waals surface area (Å²) in [5.74, 6) is 2.32. The molecule has 2 heterocycles. The number of terminal acetylenes is 1. The van der Waals surface area contributed by atoms with E-state index in [1.165, 1.54) is 37.5 Å². The molecule has 4 aromatic rings. The zero-order valence-corrected chi connectivity index (χ0v) is 16.8. The van der Waals surface area contributed by atoms with Gasteiger partial charge in [-0.25, -0.2) is 8.78 Å². The minimum atomic E-state index is -1.40. The Hall–Kier alpha value is -3.57. The van der Waals surface area contributed by atoms with Gasteiger partial charge in [0.1, 0.15) is 29.4 Å². The maximum atomic E-state index is 14.6. The Morgan fingerprint density at radius 2 is 2.03 bits per heavy atom. The molecule has 0 spiro atoms. The van der Waals surface area contributed by atoms with Gasteiger partial charge in [0, 0.05) is 23.5 Å². The number of anilines is 2. The Morgan fingerprint density at radius 1 is 1.23 bits per heavy atom. The van der Waals surface area contributed by atoms with Crippen molar-refractivity contribution in [2.45, 2.75) is 37.8 Å². The highest BCUT2D eigenvalue weighted by atomic mass is 19.1. The molecule has 0 amide bonds. The van der Waals surface area contributed by atoms with Gasteiger partial charge in [-0.2, -0.15) is 4.98 Å². The first-order valence-corrected chi connectivity index (χ1v) is 9.92. The SMILES string of the molecule is C#CC(C)(O)Cc1cc(F)cc(N(c2nc3nncn3c3ccc(F)cc23)C2CC2)c1. The Bertz CT molecular complexity index is 1350. The minimum absolute atomic E-state index is 0.0899. The van der Waals surface area contributed by atoms with E-state index >= 15 is 0 Å². The van der Waals surface area contributed by atoms with Crippen LogP contribution in [0.2, 0.25) is 0 Å². The van der Waals surface area contributed by atoms with Crippen LogP contribution in [0.5, 0.6) is 0 Å². The van der Waals surface area contributed by atoms with E-state index in [1.54, 1.807) is 16.5 Å². The van der Waals surface area contributed by atoms with E-state index in [4.69, 9.17) is 6.42 Å². The van der Waals surface area contributed by atoms with Crippen molar-refractivity contribution in [1.29, 1.82) is 0 Å². The fourth-order valence-electron chi connectivity index (χ4n) is 3.87. The van der Waals surface area contributed by atoms with Gasteiger partial charge in [0.05, 0.1) is 5.52 Å². The average Bonchev–Trinajstić information content (AvgIpc) is 3.43. The lowest BCUT2D eigenvalue weighted by atomic mass is 9.97. The first kappa shape index (κ1) is 19.4. The molecule has 1 fully saturated rings. The first-order chi connectivity index (χ1) is 14.8. The van der Waals surface area contributed by atoms with Gasteiger partial charge in [-0.3, -0.25) is 4.40 Å². The maximum Gasteiger partial charge on any atom is 0.257 e. The summed E-state index contributed by atoms with van der Waals surface area (Å²) < 4.78 is 30.5. The van der Waals surface area contributed by atoms with Crippen molar-refractivity contribution in [3.05, 3.63) is 59.9 Å². The Kier molecular flexibility index (Phi) is 4.38. The number of halogens is 2. The van der Waals surface area contributed by atoms with Crippen LogP contribution in [0.15, 0.2) is 42.7 Å². The molecule has 156 valence electrons. The number of fused-ring (bicyclic) bond motifs is 3. The summed E-state index contributed by atoms with van der Waals surface area (Å²) in [5.41, 5.74) is 0.420. The van der Waals surface area contributed by atoms with Crippen molar-refractivity contribution in [3.63, 3.8) is 0 Å². The quantitative estimate of drug-likeness (QED) is 0.499. The predicted octanol–water partition coefficient (Wildman–Crippen LogP) is 3.78. The number of aromatic nitrogens is 4. The summed E-state index contributed by atoms with van der Waals surface area (Å²) in [6, 6.07) is 9.07. The van der Waals surface area contributed by atoms with Crippen LogP contribution < -0.4 is 4.90 Å². The highest BCUT2D eigenvalue weighted by molar-refractivity contribution is 5.94. The van der Waals surface area contributed by atoms with Gasteiger partial charge >= 0.3 is 0 Å². The fraction of sp³-hybridized carbons (Fsp3) is 0.261. The molecule has 2 aromatic heterocycles. The van der Waals surface area contributed by atoms with Crippen LogP contribution >= 0.6 is 0 Å². The van der Waals surface area contributed by atoms with Crippen LogP contribution in [0.1, 0.15) is 25.3 Å². The highest BCUT2D eigenvalue weighted by Crippen LogP contribution is 2.41. The van der Waals surface area contributed by atoms with Crippen molar-refractivity contribution in [2.75, 3.05) is 4.90 Å². The van der Waals surface area contributed by atoms with Crippen LogP contribution in [-0.2, 0) is 6.42 Å². The molecule has 6 nitrogen and oxygen atoms in total. The third-order valence-electron chi connectivity index (χ3n) is 5.41. The predicted molar refractivity (Wildman–Crippen MR) is 113 cm³/mol. The Balaban J connectivity index is 1.71. The zero-order chi connectivity index (χ0) is 21.8. The van der Waals surface area contributed by atoms with E-state index in [0.717, 1.165) is 12.8 Å². The van der Waals surface area contributed by atoms with Crippen molar-refractivity contribution >= 4 is 28.2 Å². The van der Waals surface area contributed by atoms with Crippen LogP contribution in [0.25, 0.3) is 16.7 Å². The molecule has 0 bridgehead atoms. The largest absolute Gasteiger partial charge is 0.378 e. The highest BCUT2D eigenvalue weighted by Gasteiger charge is 2.33. The van der Waals surface area contributed by atoms with Crippen molar-refractivity contribution in [3.8, 4) is 12.3 Å². The van der Waals surface area contributed by atoms with Crippen molar-refractivity contribution < 1.29 is 13.9 Å². The molecule has 31 heavy (non-hydrogen) atoms. The molecular weight excluding hydrogens is 400 g/mol. The van der Waals surface area contributed by atoms with E-state index in [0.29, 0.717) is 33.7 Å². The van der Waals surface area contributed by atoms with Crippen LogP contribution in [0.4, 0.5) is 20.3 Å². The van der Waals surface area contributed by atoms with E-state index in [2.05, 4.69) is 21.1 Å². The van der Waals surface area contributed by atoms with E-state index in [9.17, 15) is 13.9 Å². The second-order valence-corrected chi connectivity index (χ2v) is 8.11. The van der Waals surface area contributed by atoms with Gasteiger partial charge in [-0.05, 0) is 61.7 Å². The molecule has 1 atom stereocenters. The molecule has 1 saturated carbocycles. The summed E-state index contributed by atoms with van der Waals surface area (Å²) in [7, 11) is 0. The second kappa shape index (κ2) is 7.00. The first-order valence-electron chi connectivity index (χ1n) is 9.92. The number of rotatable bonds is 5. The van der Waals surface area contributed by atoms with Gasteiger partial charge in [0.2, 0.25) is 0 Å². The molecule has 8 heteroatoms. The third kappa shape index (κ3) is 3.57. The van der Waals surface area contributed by atoms with Crippen LogP contribution in [0.3, 0.4) is 0 Å². The molecule has 0 radical (unpaired) electrons. The summed E-state index contributed by atoms with van der Waals surface area (Å²) in [5, 5.41) is 18.8. The Labute approximate surface area is 177 Å². The van der Waals surface area contributed by atoms with Gasteiger partial charge in [-0.1, -0.05) is 5.92 Å². The minimum Gasteiger partial charge on any atom is -0.378 e. The van der Waals surface area contributed by atoms with Gasteiger partial charge in [0.25, 0.3) is 5.78 Å². The lowest BCUT2D eigenvalue weighted by molar-refractivity contribution is 0.123. The monoisotopic (exact) mass is 419 g/mol. The standard InChI is InChI=1S/C23H19F2N5O/c1-3-23(2,31)12-14-8-16(25)10-18(9-14)30(17-5-6-17)21-19-11-15(24)4-7-20(19)29-13-26-28-22(29)27-21/h1,4,7-11,13,17,31H,5-6,12H2,2H3. The fourth-order valence-corrected chi connectivity index (χ4v) is 3.87. The van der Waals surface area contributed by atoms with Crippen molar-refractivity contribution in [2.24, 2.45) is 0 Å².